The van der Waals surface area contributed by atoms with Crippen LogP contribution in [0.4, 0.5) is 0 Å². The quantitative estimate of drug-likeness (QED) is 0.661. The average molecular weight is 475 g/mol. The summed E-state index contributed by atoms with van der Waals surface area (Å²) in [7, 11) is -3.86. The summed E-state index contributed by atoms with van der Waals surface area (Å²) in [6.07, 6.45) is 2.14. The van der Waals surface area contributed by atoms with Crippen LogP contribution in [0.3, 0.4) is 0 Å². The van der Waals surface area contributed by atoms with Gasteiger partial charge in [0.25, 0.3) is 0 Å². The number of amides is 1. The molecule has 2 heterocycles. The Kier molecular flexibility index (Phi) is 6.98. The first-order chi connectivity index (χ1) is 15.7. The highest BCUT2D eigenvalue weighted by atomic mass is 32.2. The topological polar surface area (TPSA) is 88.8 Å². The molecule has 1 amide bonds. The maximum atomic E-state index is 13.9. The van der Waals surface area contributed by atoms with Gasteiger partial charge in [-0.25, -0.2) is 8.42 Å². The van der Waals surface area contributed by atoms with E-state index in [0.717, 1.165) is 43.0 Å². The van der Waals surface area contributed by atoms with E-state index in [1.54, 1.807) is 13.0 Å². The van der Waals surface area contributed by atoms with E-state index < -0.39 is 20.5 Å². The normalized spacial score (nSPS) is 20.0. The molecule has 180 valence electrons. The first-order valence-electron chi connectivity index (χ1n) is 11.7. The van der Waals surface area contributed by atoms with Crippen LogP contribution in [0, 0.1) is 20.8 Å². The molecule has 2 aromatic rings. The van der Waals surface area contributed by atoms with E-state index in [4.69, 9.17) is 9.15 Å². The van der Waals surface area contributed by atoms with E-state index in [2.05, 4.69) is 10.2 Å². The van der Waals surface area contributed by atoms with Crippen LogP contribution in [0.5, 0.6) is 0 Å². The lowest BCUT2D eigenvalue weighted by atomic mass is 10.1. The molecule has 1 unspecified atom stereocenters. The van der Waals surface area contributed by atoms with Gasteiger partial charge in [-0.05, 0) is 62.9 Å². The van der Waals surface area contributed by atoms with Crippen molar-refractivity contribution in [2.24, 2.45) is 0 Å². The fourth-order valence-electron chi connectivity index (χ4n) is 5.05. The molecule has 1 saturated carbocycles. The lowest BCUT2D eigenvalue weighted by Gasteiger charge is -2.34. The number of sulfone groups is 1. The van der Waals surface area contributed by atoms with Crippen LogP contribution in [0.2, 0.25) is 0 Å². The first-order valence-corrected chi connectivity index (χ1v) is 13.2. The van der Waals surface area contributed by atoms with E-state index in [1.807, 2.05) is 38.1 Å². The van der Waals surface area contributed by atoms with Gasteiger partial charge in [-0.3, -0.25) is 9.69 Å². The lowest BCUT2D eigenvalue weighted by molar-refractivity contribution is -0.124. The highest BCUT2D eigenvalue weighted by Crippen LogP contribution is 2.42. The van der Waals surface area contributed by atoms with Crippen molar-refractivity contribution in [1.82, 2.24) is 10.2 Å². The van der Waals surface area contributed by atoms with Crippen molar-refractivity contribution >= 4 is 15.7 Å². The molecule has 0 bridgehead atoms. The molecule has 1 aromatic heterocycles. The van der Waals surface area contributed by atoms with Crippen LogP contribution < -0.4 is 5.32 Å². The third-order valence-corrected chi connectivity index (χ3v) is 9.65. The Morgan fingerprint density at radius 1 is 1.09 bits per heavy atom. The smallest absolute Gasteiger partial charge is 0.241 e. The predicted molar refractivity (Wildman–Crippen MR) is 126 cm³/mol. The third-order valence-electron chi connectivity index (χ3n) is 7.00. The molecule has 4 rings (SSSR count). The van der Waals surface area contributed by atoms with E-state index in [0.29, 0.717) is 31.6 Å². The van der Waals surface area contributed by atoms with Crippen LogP contribution >= 0.6 is 0 Å². The van der Waals surface area contributed by atoms with Gasteiger partial charge in [-0.2, -0.15) is 0 Å². The highest BCUT2D eigenvalue weighted by molar-refractivity contribution is 7.93. The minimum Gasteiger partial charge on any atom is -0.465 e. The Morgan fingerprint density at radius 2 is 1.79 bits per heavy atom. The maximum absolute atomic E-state index is 13.9. The van der Waals surface area contributed by atoms with Crippen LogP contribution in [0.15, 0.2) is 39.6 Å². The summed E-state index contributed by atoms with van der Waals surface area (Å²) >= 11 is 0. The zero-order valence-corrected chi connectivity index (χ0v) is 20.5. The van der Waals surface area contributed by atoms with Crippen LogP contribution in [0.25, 0.3) is 0 Å². The van der Waals surface area contributed by atoms with Crippen molar-refractivity contribution in [1.29, 1.82) is 0 Å². The molecule has 7 nitrogen and oxygen atoms in total. The first kappa shape index (κ1) is 24.0. The molecule has 1 N–H and O–H groups in total. The molecular formula is C25H34N2O5S. The number of furan rings is 1. The second kappa shape index (κ2) is 9.60. The summed E-state index contributed by atoms with van der Waals surface area (Å²) in [6, 6.07) is 9.08. The van der Waals surface area contributed by atoms with E-state index in [9.17, 15) is 13.2 Å². The minimum absolute atomic E-state index is 0.173. The molecule has 1 atom stereocenters. The highest BCUT2D eigenvalue weighted by Gasteiger charge is 2.53. The van der Waals surface area contributed by atoms with Crippen molar-refractivity contribution < 1.29 is 22.4 Å². The van der Waals surface area contributed by atoms with E-state index >= 15 is 0 Å². The van der Waals surface area contributed by atoms with Crippen LogP contribution in [-0.4, -0.2) is 56.8 Å². The molecule has 1 aromatic carbocycles. The number of nitrogens with one attached hydrogen (secondary N) is 1. The lowest BCUT2D eigenvalue weighted by Crippen LogP contribution is -2.53. The Hall–Kier alpha value is -2.16. The third kappa shape index (κ3) is 4.61. The molecule has 0 spiro atoms. The fraction of sp³-hybridized carbons (Fsp3) is 0.560. The summed E-state index contributed by atoms with van der Waals surface area (Å²) in [5, 5.41) is 3.02. The predicted octanol–water partition coefficient (Wildman–Crippen LogP) is 3.48. The summed E-state index contributed by atoms with van der Waals surface area (Å²) in [6.45, 7) is 8.54. The van der Waals surface area contributed by atoms with Gasteiger partial charge >= 0.3 is 0 Å². The number of hydrogen-bond acceptors (Lipinski definition) is 6. The average Bonchev–Trinajstić information content (AvgIpc) is 3.47. The monoisotopic (exact) mass is 474 g/mol. The van der Waals surface area contributed by atoms with Crippen molar-refractivity contribution in [3.05, 3.63) is 53.0 Å². The van der Waals surface area contributed by atoms with Gasteiger partial charge in [0.1, 0.15) is 11.5 Å². The number of morpholine rings is 1. The number of carbonyl (C=O) groups is 1. The number of ether oxygens (including phenoxy) is 1. The van der Waals surface area contributed by atoms with Crippen LogP contribution in [-0.2, 0) is 19.4 Å². The standard InChI is InChI=1S/C25H34N2O5S/c1-18-6-7-19(2)23(16-18)33(29,30)25(10-4-5-11-25)24(28)26-17-21(22-9-8-20(3)32-22)27-12-14-31-15-13-27/h6-9,16,21H,4-5,10-15,17H2,1-3H3,(H,26,28). The maximum Gasteiger partial charge on any atom is 0.241 e. The largest absolute Gasteiger partial charge is 0.465 e. The summed E-state index contributed by atoms with van der Waals surface area (Å²) < 4.78 is 37.7. The Bertz CT molecular complexity index is 1100. The number of hydrogen-bond donors (Lipinski definition) is 1. The van der Waals surface area contributed by atoms with Crippen molar-refractivity contribution in [3.8, 4) is 0 Å². The Morgan fingerprint density at radius 3 is 2.42 bits per heavy atom. The minimum atomic E-state index is -3.86. The molecule has 2 fully saturated rings. The SMILES string of the molecule is Cc1ccc(C)c(S(=O)(=O)C2(C(=O)NCC(c3ccc(C)o3)N3CCOCC3)CCCC2)c1. The second-order valence-electron chi connectivity index (χ2n) is 9.30. The number of aryl methyl sites for hydroxylation is 3. The summed E-state index contributed by atoms with van der Waals surface area (Å²) in [5.41, 5.74) is 1.55. The van der Waals surface area contributed by atoms with Crippen molar-refractivity contribution in [2.45, 2.75) is 62.1 Å². The molecular weight excluding hydrogens is 440 g/mol. The van der Waals surface area contributed by atoms with Gasteiger partial charge in [-0.1, -0.05) is 25.0 Å². The number of nitrogens with zero attached hydrogens (tertiary/aromatic N) is 1. The van der Waals surface area contributed by atoms with E-state index in [1.165, 1.54) is 0 Å². The van der Waals surface area contributed by atoms with Gasteiger partial charge in [0.15, 0.2) is 14.6 Å². The van der Waals surface area contributed by atoms with Gasteiger partial charge < -0.3 is 14.5 Å². The van der Waals surface area contributed by atoms with E-state index in [-0.39, 0.29) is 17.5 Å². The van der Waals surface area contributed by atoms with Crippen molar-refractivity contribution in [3.63, 3.8) is 0 Å². The van der Waals surface area contributed by atoms with Gasteiger partial charge in [0.05, 0.1) is 24.2 Å². The molecule has 1 aliphatic carbocycles. The number of carbonyl (C=O) groups excluding carboxylic acids is 1. The molecule has 33 heavy (non-hydrogen) atoms. The number of rotatable bonds is 7. The zero-order chi connectivity index (χ0) is 23.6. The summed E-state index contributed by atoms with van der Waals surface area (Å²) in [5.74, 6) is 1.18. The molecule has 0 radical (unpaired) electrons. The Balaban J connectivity index is 1.60. The van der Waals surface area contributed by atoms with Gasteiger partial charge in [-0.15, -0.1) is 0 Å². The molecule has 8 heteroatoms. The van der Waals surface area contributed by atoms with Gasteiger partial charge in [0.2, 0.25) is 5.91 Å². The second-order valence-corrected chi connectivity index (χ2v) is 11.5. The number of benzene rings is 1. The zero-order valence-electron chi connectivity index (χ0n) is 19.7. The fourth-order valence-corrected chi connectivity index (χ4v) is 7.45. The molecule has 1 saturated heterocycles. The molecule has 2 aliphatic rings. The molecule has 1 aliphatic heterocycles. The van der Waals surface area contributed by atoms with Crippen molar-refractivity contribution in [2.75, 3.05) is 32.8 Å². The van der Waals surface area contributed by atoms with Crippen LogP contribution in [0.1, 0.15) is 54.4 Å². The Labute approximate surface area is 196 Å². The summed E-state index contributed by atoms with van der Waals surface area (Å²) in [4.78, 5) is 16.1. The van der Waals surface area contributed by atoms with Gasteiger partial charge in [0, 0.05) is 19.6 Å².